The van der Waals surface area contributed by atoms with Crippen molar-refractivity contribution in [3.05, 3.63) is 102 Å². The summed E-state index contributed by atoms with van der Waals surface area (Å²) in [5, 5.41) is 0. The fourth-order valence-electron chi connectivity index (χ4n) is 3.06. The Bertz CT molecular complexity index is 903. The standard InChI is InChI=1S/C24H24N2O3/c1-18-9-8-14-21(15-18)29-17-24(28)26-25-23(27)16-22(19-10-4-2-5-11-19)20-12-6-3-7-13-20/h2-15,22H,16-17H2,1H3,(H,25,27)(H,26,28). The maximum absolute atomic E-state index is 12.5. The summed E-state index contributed by atoms with van der Waals surface area (Å²) < 4.78 is 5.44. The highest BCUT2D eigenvalue weighted by Gasteiger charge is 2.18. The molecular formula is C24H24N2O3. The molecule has 5 heteroatoms. The van der Waals surface area contributed by atoms with Crippen LogP contribution in [0.2, 0.25) is 0 Å². The Labute approximate surface area is 170 Å². The summed E-state index contributed by atoms with van der Waals surface area (Å²) in [5.41, 5.74) is 8.03. The maximum atomic E-state index is 12.5. The summed E-state index contributed by atoms with van der Waals surface area (Å²) in [6, 6.07) is 27.1. The smallest absolute Gasteiger partial charge is 0.276 e. The van der Waals surface area contributed by atoms with E-state index in [1.165, 1.54) is 0 Å². The first-order chi connectivity index (χ1) is 14.1. The minimum Gasteiger partial charge on any atom is -0.484 e. The zero-order valence-electron chi connectivity index (χ0n) is 16.3. The molecule has 0 aliphatic heterocycles. The summed E-state index contributed by atoms with van der Waals surface area (Å²) in [6.45, 7) is 1.77. The van der Waals surface area contributed by atoms with E-state index in [9.17, 15) is 9.59 Å². The predicted octanol–water partition coefficient (Wildman–Crippen LogP) is 3.74. The number of hydrazine groups is 1. The molecule has 0 saturated heterocycles. The molecule has 0 aromatic heterocycles. The van der Waals surface area contributed by atoms with Gasteiger partial charge in [0.2, 0.25) is 5.91 Å². The van der Waals surface area contributed by atoms with Crippen molar-refractivity contribution in [3.8, 4) is 5.75 Å². The van der Waals surface area contributed by atoms with Crippen LogP contribution in [0.15, 0.2) is 84.9 Å². The van der Waals surface area contributed by atoms with E-state index in [4.69, 9.17) is 4.74 Å². The van der Waals surface area contributed by atoms with Crippen LogP contribution in [0.3, 0.4) is 0 Å². The SMILES string of the molecule is Cc1cccc(OCC(=O)NNC(=O)CC(c2ccccc2)c2ccccc2)c1. The first-order valence-corrected chi connectivity index (χ1v) is 9.49. The lowest BCUT2D eigenvalue weighted by Gasteiger charge is -2.18. The average Bonchev–Trinajstić information content (AvgIpc) is 2.76. The molecule has 0 saturated carbocycles. The van der Waals surface area contributed by atoms with Crippen molar-refractivity contribution in [2.75, 3.05) is 6.61 Å². The number of benzene rings is 3. The lowest BCUT2D eigenvalue weighted by atomic mass is 9.88. The van der Waals surface area contributed by atoms with E-state index in [0.717, 1.165) is 16.7 Å². The molecule has 2 N–H and O–H groups in total. The van der Waals surface area contributed by atoms with Gasteiger partial charge in [0.05, 0.1) is 0 Å². The molecule has 5 nitrogen and oxygen atoms in total. The van der Waals surface area contributed by atoms with Crippen molar-refractivity contribution in [1.29, 1.82) is 0 Å². The lowest BCUT2D eigenvalue weighted by Crippen LogP contribution is -2.44. The van der Waals surface area contributed by atoms with Crippen LogP contribution in [0.5, 0.6) is 5.75 Å². The lowest BCUT2D eigenvalue weighted by molar-refractivity contribution is -0.130. The molecule has 0 radical (unpaired) electrons. The van der Waals surface area contributed by atoms with Gasteiger partial charge in [-0.2, -0.15) is 0 Å². The van der Waals surface area contributed by atoms with Gasteiger partial charge in [-0.05, 0) is 35.7 Å². The summed E-state index contributed by atoms with van der Waals surface area (Å²) in [7, 11) is 0. The van der Waals surface area contributed by atoms with E-state index >= 15 is 0 Å². The van der Waals surface area contributed by atoms with Crippen molar-refractivity contribution in [2.24, 2.45) is 0 Å². The minimum atomic E-state index is -0.421. The number of hydrogen-bond donors (Lipinski definition) is 2. The molecule has 2 amide bonds. The first kappa shape index (κ1) is 20.1. The third-order valence-corrected chi connectivity index (χ3v) is 4.49. The van der Waals surface area contributed by atoms with Crippen molar-refractivity contribution >= 4 is 11.8 Å². The van der Waals surface area contributed by atoms with Gasteiger partial charge in [0.15, 0.2) is 6.61 Å². The van der Waals surface area contributed by atoms with Crippen molar-refractivity contribution in [3.63, 3.8) is 0 Å². The third-order valence-electron chi connectivity index (χ3n) is 4.49. The Morgan fingerprint density at radius 3 is 1.97 bits per heavy atom. The average molecular weight is 388 g/mol. The Kier molecular flexibility index (Phi) is 7.00. The highest BCUT2D eigenvalue weighted by atomic mass is 16.5. The molecule has 29 heavy (non-hydrogen) atoms. The van der Waals surface area contributed by atoms with Crippen LogP contribution in [-0.2, 0) is 9.59 Å². The van der Waals surface area contributed by atoms with Crippen molar-refractivity contribution in [2.45, 2.75) is 19.3 Å². The Hall–Kier alpha value is -3.60. The van der Waals surface area contributed by atoms with Gasteiger partial charge < -0.3 is 4.74 Å². The predicted molar refractivity (Wildman–Crippen MR) is 112 cm³/mol. The largest absolute Gasteiger partial charge is 0.484 e. The number of carbonyl (C=O) groups excluding carboxylic acids is 2. The molecule has 0 aliphatic rings. The molecule has 0 fully saturated rings. The molecule has 0 atom stereocenters. The second-order valence-electron chi connectivity index (χ2n) is 6.78. The molecule has 0 heterocycles. The van der Waals surface area contributed by atoms with Crippen LogP contribution >= 0.6 is 0 Å². The number of ether oxygens (including phenoxy) is 1. The van der Waals surface area contributed by atoms with Gasteiger partial charge in [-0.15, -0.1) is 0 Å². The second-order valence-corrected chi connectivity index (χ2v) is 6.78. The zero-order chi connectivity index (χ0) is 20.5. The van der Waals surface area contributed by atoms with E-state index in [0.29, 0.717) is 5.75 Å². The number of amides is 2. The van der Waals surface area contributed by atoms with Crippen LogP contribution in [0.1, 0.15) is 29.0 Å². The number of aryl methyl sites for hydroxylation is 1. The fourth-order valence-corrected chi connectivity index (χ4v) is 3.06. The fraction of sp³-hybridized carbons (Fsp3) is 0.167. The molecule has 3 aromatic carbocycles. The molecule has 3 aromatic rings. The van der Waals surface area contributed by atoms with Gasteiger partial charge in [0, 0.05) is 12.3 Å². The number of carbonyl (C=O) groups is 2. The van der Waals surface area contributed by atoms with Gasteiger partial charge in [-0.3, -0.25) is 20.4 Å². The normalized spacial score (nSPS) is 10.4. The molecule has 0 aliphatic carbocycles. The molecule has 0 bridgehead atoms. The molecule has 0 spiro atoms. The van der Waals surface area contributed by atoms with Crippen LogP contribution in [0.25, 0.3) is 0 Å². The summed E-state index contributed by atoms with van der Waals surface area (Å²) in [6.07, 6.45) is 0.215. The highest BCUT2D eigenvalue weighted by Crippen LogP contribution is 2.27. The summed E-state index contributed by atoms with van der Waals surface area (Å²) >= 11 is 0. The van der Waals surface area contributed by atoms with E-state index in [1.807, 2.05) is 85.8 Å². The third kappa shape index (κ3) is 6.21. The number of nitrogens with one attached hydrogen (secondary N) is 2. The minimum absolute atomic E-state index is 0.0992. The monoisotopic (exact) mass is 388 g/mol. The van der Waals surface area contributed by atoms with Crippen LogP contribution < -0.4 is 15.6 Å². The second kappa shape index (κ2) is 10.1. The number of hydrogen-bond acceptors (Lipinski definition) is 3. The summed E-state index contributed by atoms with van der Waals surface area (Å²) in [5.74, 6) is -0.181. The van der Waals surface area contributed by atoms with E-state index in [-0.39, 0.29) is 24.9 Å². The maximum Gasteiger partial charge on any atom is 0.276 e. The van der Waals surface area contributed by atoms with Crippen LogP contribution in [-0.4, -0.2) is 18.4 Å². The zero-order valence-corrected chi connectivity index (χ0v) is 16.3. The Balaban J connectivity index is 1.54. The van der Waals surface area contributed by atoms with Gasteiger partial charge in [-0.1, -0.05) is 72.8 Å². The van der Waals surface area contributed by atoms with Crippen molar-refractivity contribution < 1.29 is 14.3 Å². The molecule has 148 valence electrons. The molecule has 0 unspecified atom stereocenters. The van der Waals surface area contributed by atoms with E-state index in [2.05, 4.69) is 10.9 Å². The van der Waals surface area contributed by atoms with Gasteiger partial charge in [0.1, 0.15) is 5.75 Å². The van der Waals surface area contributed by atoms with Crippen molar-refractivity contribution in [1.82, 2.24) is 10.9 Å². The quantitative estimate of drug-likeness (QED) is 0.606. The van der Waals surface area contributed by atoms with Crippen LogP contribution in [0, 0.1) is 6.92 Å². The molecule has 3 rings (SSSR count). The van der Waals surface area contributed by atoms with Gasteiger partial charge >= 0.3 is 0 Å². The Morgan fingerprint density at radius 2 is 1.38 bits per heavy atom. The molecular weight excluding hydrogens is 364 g/mol. The highest BCUT2D eigenvalue weighted by molar-refractivity contribution is 5.83. The van der Waals surface area contributed by atoms with Gasteiger partial charge in [0.25, 0.3) is 5.91 Å². The first-order valence-electron chi connectivity index (χ1n) is 9.49. The van der Waals surface area contributed by atoms with Crippen LogP contribution in [0.4, 0.5) is 0 Å². The van der Waals surface area contributed by atoms with E-state index in [1.54, 1.807) is 6.07 Å². The number of rotatable bonds is 7. The summed E-state index contributed by atoms with van der Waals surface area (Å²) in [4.78, 5) is 24.4. The Morgan fingerprint density at radius 1 is 0.793 bits per heavy atom. The van der Waals surface area contributed by atoms with E-state index < -0.39 is 5.91 Å². The topological polar surface area (TPSA) is 67.4 Å². The van der Waals surface area contributed by atoms with Gasteiger partial charge in [-0.25, -0.2) is 0 Å².